The van der Waals surface area contributed by atoms with Gasteiger partial charge in [0.05, 0.1) is 10.4 Å². The van der Waals surface area contributed by atoms with Crippen molar-refractivity contribution < 1.29 is 14.3 Å². The maximum absolute atomic E-state index is 12.0. The van der Waals surface area contributed by atoms with Gasteiger partial charge in [-0.2, -0.15) is 0 Å². The highest BCUT2D eigenvalue weighted by atomic mass is 35.5. The third-order valence-corrected chi connectivity index (χ3v) is 3.80. The van der Waals surface area contributed by atoms with Crippen LogP contribution in [-0.4, -0.2) is 15.9 Å². The van der Waals surface area contributed by atoms with Crippen LogP contribution in [0, 0.1) is 0 Å². The van der Waals surface area contributed by atoms with Gasteiger partial charge in [0.1, 0.15) is 12.4 Å². The Morgan fingerprint density at radius 1 is 1.17 bits per heavy atom. The van der Waals surface area contributed by atoms with E-state index in [2.05, 4.69) is 9.97 Å². The molecule has 0 aliphatic carbocycles. The van der Waals surface area contributed by atoms with Crippen molar-refractivity contribution in [1.82, 2.24) is 9.97 Å². The van der Waals surface area contributed by atoms with Crippen molar-refractivity contribution in [3.05, 3.63) is 69.8 Å². The fourth-order valence-electron chi connectivity index (χ4n) is 1.73. The minimum absolute atomic E-state index is 0.174. The van der Waals surface area contributed by atoms with Gasteiger partial charge < -0.3 is 9.47 Å². The third-order valence-electron chi connectivity index (χ3n) is 2.80. The number of pyridine rings is 1. The average Bonchev–Trinajstić information content (AvgIpc) is 3.08. The van der Waals surface area contributed by atoms with Gasteiger partial charge in [0.25, 0.3) is 0 Å². The van der Waals surface area contributed by atoms with E-state index in [1.165, 1.54) is 11.3 Å². The van der Waals surface area contributed by atoms with Crippen LogP contribution in [0.2, 0.25) is 5.02 Å². The number of esters is 1. The molecular formula is C16H11ClN2O3S. The molecule has 5 nitrogen and oxygen atoms in total. The lowest BCUT2D eigenvalue weighted by molar-refractivity contribution is 0.0469. The molecule has 7 heteroatoms. The predicted octanol–water partition coefficient (Wildman–Crippen LogP) is 4.34. The standard InChI is InChI=1S/C16H11ClN2O3S/c17-11-4-6-12(7-5-11)22-15-3-1-2-14(19-15)16(20)21-9-13-8-18-10-23-13/h1-8,10H,9H2. The maximum Gasteiger partial charge on any atom is 0.357 e. The van der Waals surface area contributed by atoms with Crippen molar-refractivity contribution in [1.29, 1.82) is 0 Å². The number of ether oxygens (including phenoxy) is 2. The Bertz CT molecular complexity index is 791. The number of aromatic nitrogens is 2. The largest absolute Gasteiger partial charge is 0.455 e. The normalized spacial score (nSPS) is 10.3. The zero-order valence-corrected chi connectivity index (χ0v) is 13.4. The summed E-state index contributed by atoms with van der Waals surface area (Å²) in [5.74, 6) is 0.372. The van der Waals surface area contributed by atoms with E-state index in [0.717, 1.165) is 4.88 Å². The van der Waals surface area contributed by atoms with E-state index in [0.29, 0.717) is 16.7 Å². The molecule has 2 heterocycles. The molecular weight excluding hydrogens is 336 g/mol. The van der Waals surface area contributed by atoms with Crippen molar-refractivity contribution in [2.24, 2.45) is 0 Å². The summed E-state index contributed by atoms with van der Waals surface area (Å²) in [7, 11) is 0. The number of hydrogen-bond donors (Lipinski definition) is 0. The van der Waals surface area contributed by atoms with Crippen LogP contribution in [-0.2, 0) is 11.3 Å². The van der Waals surface area contributed by atoms with Gasteiger partial charge in [-0.1, -0.05) is 17.7 Å². The number of carbonyl (C=O) groups is 1. The Labute approximate surface area is 141 Å². The number of thiazole rings is 1. The van der Waals surface area contributed by atoms with Crippen LogP contribution in [0.1, 0.15) is 15.4 Å². The molecule has 116 valence electrons. The summed E-state index contributed by atoms with van der Waals surface area (Å²) < 4.78 is 10.8. The topological polar surface area (TPSA) is 61.3 Å². The molecule has 23 heavy (non-hydrogen) atoms. The molecule has 3 rings (SSSR count). The third kappa shape index (κ3) is 4.28. The van der Waals surface area contributed by atoms with Crippen molar-refractivity contribution in [3.8, 4) is 11.6 Å². The van der Waals surface area contributed by atoms with E-state index in [9.17, 15) is 4.79 Å². The quantitative estimate of drug-likeness (QED) is 0.643. The van der Waals surface area contributed by atoms with E-state index >= 15 is 0 Å². The second-order valence-corrected chi connectivity index (χ2v) is 5.87. The van der Waals surface area contributed by atoms with Crippen molar-refractivity contribution in [3.63, 3.8) is 0 Å². The number of carbonyl (C=O) groups excluding carboxylic acids is 1. The molecule has 0 saturated carbocycles. The van der Waals surface area contributed by atoms with Crippen LogP contribution in [0.25, 0.3) is 0 Å². The van der Waals surface area contributed by atoms with Gasteiger partial charge in [0, 0.05) is 17.3 Å². The number of rotatable bonds is 5. The van der Waals surface area contributed by atoms with E-state index in [4.69, 9.17) is 21.1 Å². The summed E-state index contributed by atoms with van der Waals surface area (Å²) in [5, 5.41) is 0.616. The SMILES string of the molecule is O=C(OCc1cncs1)c1cccc(Oc2ccc(Cl)cc2)n1. The molecule has 0 aliphatic heterocycles. The van der Waals surface area contributed by atoms with Gasteiger partial charge in [0.15, 0.2) is 5.69 Å². The minimum Gasteiger partial charge on any atom is -0.455 e. The summed E-state index contributed by atoms with van der Waals surface area (Å²) in [6, 6.07) is 11.8. The highest BCUT2D eigenvalue weighted by Gasteiger charge is 2.11. The molecule has 0 N–H and O–H groups in total. The van der Waals surface area contributed by atoms with Crippen LogP contribution in [0.15, 0.2) is 54.2 Å². The van der Waals surface area contributed by atoms with Gasteiger partial charge in [-0.25, -0.2) is 9.78 Å². The molecule has 0 saturated heterocycles. The molecule has 0 spiro atoms. The molecule has 1 aromatic carbocycles. The lowest BCUT2D eigenvalue weighted by Crippen LogP contribution is -2.07. The molecule has 0 atom stereocenters. The Balaban J connectivity index is 1.66. The Morgan fingerprint density at radius 3 is 2.74 bits per heavy atom. The molecule has 0 fully saturated rings. The molecule has 0 amide bonds. The summed E-state index contributed by atoms with van der Waals surface area (Å²) >= 11 is 7.24. The van der Waals surface area contributed by atoms with Crippen molar-refractivity contribution in [2.75, 3.05) is 0 Å². The molecule has 0 unspecified atom stereocenters. The minimum atomic E-state index is -0.514. The molecule has 0 aliphatic rings. The monoisotopic (exact) mass is 346 g/mol. The zero-order valence-electron chi connectivity index (χ0n) is 11.8. The van der Waals surface area contributed by atoms with Crippen molar-refractivity contribution >= 4 is 28.9 Å². The van der Waals surface area contributed by atoms with E-state index in [-0.39, 0.29) is 12.3 Å². The lowest BCUT2D eigenvalue weighted by atomic mass is 10.3. The first-order valence-corrected chi connectivity index (χ1v) is 7.91. The summed E-state index contributed by atoms with van der Waals surface area (Å²) in [4.78, 5) is 21.0. The van der Waals surface area contributed by atoms with Crippen LogP contribution in [0.5, 0.6) is 11.6 Å². The highest BCUT2D eigenvalue weighted by Crippen LogP contribution is 2.21. The van der Waals surface area contributed by atoms with Crippen LogP contribution >= 0.6 is 22.9 Å². The van der Waals surface area contributed by atoms with Crippen LogP contribution in [0.3, 0.4) is 0 Å². The average molecular weight is 347 g/mol. The number of hydrogen-bond acceptors (Lipinski definition) is 6. The second-order valence-electron chi connectivity index (χ2n) is 4.46. The molecule has 3 aromatic rings. The number of halogens is 1. The zero-order chi connectivity index (χ0) is 16.1. The van der Waals surface area contributed by atoms with Gasteiger partial charge in [-0.3, -0.25) is 4.98 Å². The van der Waals surface area contributed by atoms with Gasteiger partial charge >= 0.3 is 5.97 Å². The van der Waals surface area contributed by atoms with E-state index in [1.807, 2.05) is 0 Å². The fourth-order valence-corrected chi connectivity index (χ4v) is 2.36. The van der Waals surface area contributed by atoms with Crippen LogP contribution < -0.4 is 4.74 Å². The van der Waals surface area contributed by atoms with Crippen LogP contribution in [0.4, 0.5) is 0 Å². The summed E-state index contributed by atoms with van der Waals surface area (Å²) in [6.45, 7) is 0.174. The Kier molecular flexibility index (Phi) is 4.85. The Hall–Kier alpha value is -2.44. The first kappa shape index (κ1) is 15.5. The molecule has 2 aromatic heterocycles. The Morgan fingerprint density at radius 2 is 2.00 bits per heavy atom. The van der Waals surface area contributed by atoms with Gasteiger partial charge in [-0.15, -0.1) is 11.3 Å². The smallest absolute Gasteiger partial charge is 0.357 e. The number of benzene rings is 1. The second kappa shape index (κ2) is 7.21. The highest BCUT2D eigenvalue weighted by molar-refractivity contribution is 7.09. The summed E-state index contributed by atoms with van der Waals surface area (Å²) in [5.41, 5.74) is 1.86. The van der Waals surface area contributed by atoms with Crippen molar-refractivity contribution in [2.45, 2.75) is 6.61 Å². The first-order valence-electron chi connectivity index (χ1n) is 6.66. The fraction of sp³-hybridized carbons (Fsp3) is 0.0625. The maximum atomic E-state index is 12.0. The van der Waals surface area contributed by atoms with E-state index < -0.39 is 5.97 Å². The predicted molar refractivity (Wildman–Crippen MR) is 87.0 cm³/mol. The van der Waals surface area contributed by atoms with E-state index in [1.54, 1.807) is 54.2 Å². The van der Waals surface area contributed by atoms with Gasteiger partial charge in [-0.05, 0) is 30.3 Å². The van der Waals surface area contributed by atoms with Gasteiger partial charge in [0.2, 0.25) is 5.88 Å². The summed E-state index contributed by atoms with van der Waals surface area (Å²) in [6.07, 6.45) is 1.66. The number of nitrogens with zero attached hydrogens (tertiary/aromatic N) is 2. The molecule has 0 radical (unpaired) electrons. The molecule has 0 bridgehead atoms. The lowest BCUT2D eigenvalue weighted by Gasteiger charge is -2.06. The first-order chi connectivity index (χ1) is 11.2.